The second-order valence-electron chi connectivity index (χ2n) is 4.74. The van der Waals surface area contributed by atoms with Crippen molar-refractivity contribution in [1.29, 1.82) is 0 Å². The third kappa shape index (κ3) is 1.82. The molecule has 1 aromatic carbocycles. The summed E-state index contributed by atoms with van der Waals surface area (Å²) in [6.45, 7) is 4.80. The Balaban J connectivity index is 2.12. The van der Waals surface area contributed by atoms with Crippen molar-refractivity contribution in [2.45, 2.75) is 25.5 Å². The first kappa shape index (κ1) is 12.0. The monoisotopic (exact) mass is 278 g/mol. The maximum absolute atomic E-state index is 11.9. The van der Waals surface area contributed by atoms with Crippen LogP contribution in [0.3, 0.4) is 0 Å². The quantitative estimate of drug-likeness (QED) is 0.814. The molecular weight excluding hydrogens is 264 g/mol. The summed E-state index contributed by atoms with van der Waals surface area (Å²) in [6, 6.07) is 4.18. The lowest BCUT2D eigenvalue weighted by Gasteiger charge is -2.10. The number of carbonyl (C=O) groups is 1. The van der Waals surface area contributed by atoms with Crippen molar-refractivity contribution in [2.24, 2.45) is 0 Å². The molecule has 1 atom stereocenters. The Labute approximate surface area is 115 Å². The van der Waals surface area contributed by atoms with Crippen molar-refractivity contribution in [1.82, 2.24) is 4.98 Å². The first-order chi connectivity index (χ1) is 8.56. The minimum Gasteiger partial charge on any atom is -0.287 e. The summed E-state index contributed by atoms with van der Waals surface area (Å²) in [7, 11) is 0. The Morgan fingerprint density at radius 3 is 2.72 bits per heavy atom. The van der Waals surface area contributed by atoms with Gasteiger partial charge in [0, 0.05) is 18.2 Å². The van der Waals surface area contributed by atoms with Crippen LogP contribution in [0.4, 0.5) is 5.13 Å². The number of nitrogens with zero attached hydrogens (tertiary/aromatic N) is 2. The van der Waals surface area contributed by atoms with Crippen molar-refractivity contribution >= 4 is 45.2 Å². The maximum Gasteiger partial charge on any atom is 0.229 e. The average molecular weight is 278 g/mol. The van der Waals surface area contributed by atoms with Gasteiger partial charge in [0.2, 0.25) is 5.91 Å². The highest BCUT2D eigenvalue weighted by atomic mass is 32.1. The standard InChI is InChI=1S/C13H14N2OS2/c1-7-3-4-8(2)12-11(7)14-13(18-12)15-6-9(17)5-10(15)16/h3-4,9,17H,5-6H2,1-2H3. The average Bonchev–Trinajstić information content (AvgIpc) is 2.88. The van der Waals surface area contributed by atoms with Crippen molar-refractivity contribution in [3.63, 3.8) is 0 Å². The fourth-order valence-corrected chi connectivity index (χ4v) is 3.69. The Hall–Kier alpha value is -1.07. The molecule has 1 unspecified atom stereocenters. The van der Waals surface area contributed by atoms with Gasteiger partial charge in [-0.05, 0) is 25.0 Å². The number of thiazole rings is 1. The molecule has 5 heteroatoms. The van der Waals surface area contributed by atoms with Crippen molar-refractivity contribution in [2.75, 3.05) is 11.4 Å². The van der Waals surface area contributed by atoms with Crippen LogP contribution in [-0.4, -0.2) is 22.7 Å². The second-order valence-corrected chi connectivity index (χ2v) is 6.44. The van der Waals surface area contributed by atoms with E-state index in [0.717, 1.165) is 16.2 Å². The predicted octanol–water partition coefficient (Wildman–Crippen LogP) is 2.95. The minimum absolute atomic E-state index is 0.129. The van der Waals surface area contributed by atoms with Crippen LogP contribution < -0.4 is 4.90 Å². The maximum atomic E-state index is 11.9. The molecule has 0 aliphatic carbocycles. The predicted molar refractivity (Wildman–Crippen MR) is 78.8 cm³/mol. The summed E-state index contributed by atoms with van der Waals surface area (Å²) < 4.78 is 1.18. The van der Waals surface area contributed by atoms with E-state index in [4.69, 9.17) is 0 Å². The number of aryl methyl sites for hydroxylation is 2. The molecule has 0 radical (unpaired) electrons. The lowest BCUT2D eigenvalue weighted by Crippen LogP contribution is -2.24. The van der Waals surface area contributed by atoms with Gasteiger partial charge in [0.15, 0.2) is 5.13 Å². The van der Waals surface area contributed by atoms with Gasteiger partial charge in [0.25, 0.3) is 0 Å². The molecule has 1 fully saturated rings. The van der Waals surface area contributed by atoms with Crippen LogP contribution in [0.5, 0.6) is 0 Å². The first-order valence-corrected chi connectivity index (χ1v) is 7.24. The van der Waals surface area contributed by atoms with Gasteiger partial charge in [-0.1, -0.05) is 23.5 Å². The van der Waals surface area contributed by atoms with Crippen LogP contribution in [0.2, 0.25) is 0 Å². The topological polar surface area (TPSA) is 33.2 Å². The molecule has 0 spiro atoms. The molecule has 1 aromatic heterocycles. The number of anilines is 1. The molecule has 1 amide bonds. The smallest absolute Gasteiger partial charge is 0.229 e. The number of fused-ring (bicyclic) bond motifs is 1. The van der Waals surface area contributed by atoms with Gasteiger partial charge in [-0.2, -0.15) is 12.6 Å². The number of carbonyl (C=O) groups excluding carboxylic acids is 1. The third-order valence-corrected chi connectivity index (χ3v) is 4.83. The van der Waals surface area contributed by atoms with Gasteiger partial charge in [0.05, 0.1) is 10.2 Å². The van der Waals surface area contributed by atoms with E-state index in [-0.39, 0.29) is 11.2 Å². The van der Waals surface area contributed by atoms with Gasteiger partial charge in [-0.3, -0.25) is 9.69 Å². The molecule has 3 rings (SSSR count). The molecule has 3 nitrogen and oxygen atoms in total. The molecule has 2 aromatic rings. The van der Waals surface area contributed by atoms with Gasteiger partial charge in [-0.25, -0.2) is 4.98 Å². The zero-order valence-electron chi connectivity index (χ0n) is 10.3. The van der Waals surface area contributed by atoms with Crippen molar-refractivity contribution in [3.05, 3.63) is 23.3 Å². The van der Waals surface area contributed by atoms with E-state index in [0.29, 0.717) is 13.0 Å². The Morgan fingerprint density at radius 1 is 1.39 bits per heavy atom. The molecule has 0 saturated carbocycles. The molecule has 1 aliphatic rings. The van der Waals surface area contributed by atoms with E-state index < -0.39 is 0 Å². The zero-order valence-corrected chi connectivity index (χ0v) is 12.0. The van der Waals surface area contributed by atoms with Crippen molar-refractivity contribution < 1.29 is 4.79 Å². The highest BCUT2D eigenvalue weighted by molar-refractivity contribution is 7.81. The van der Waals surface area contributed by atoms with Crippen LogP contribution in [0.1, 0.15) is 17.5 Å². The highest BCUT2D eigenvalue weighted by Crippen LogP contribution is 2.35. The van der Waals surface area contributed by atoms with E-state index in [1.165, 1.54) is 10.3 Å². The Morgan fingerprint density at radius 2 is 2.11 bits per heavy atom. The largest absolute Gasteiger partial charge is 0.287 e. The molecule has 1 aliphatic heterocycles. The number of hydrogen-bond acceptors (Lipinski definition) is 4. The molecule has 0 N–H and O–H groups in total. The molecular formula is C13H14N2OS2. The number of amides is 1. The van der Waals surface area contributed by atoms with Crippen LogP contribution in [0, 0.1) is 13.8 Å². The summed E-state index contributed by atoms with van der Waals surface area (Å²) in [6.07, 6.45) is 0.511. The van der Waals surface area contributed by atoms with Gasteiger partial charge >= 0.3 is 0 Å². The summed E-state index contributed by atoms with van der Waals surface area (Å²) in [5.74, 6) is 0.129. The normalized spacial score (nSPS) is 20.1. The molecule has 18 heavy (non-hydrogen) atoms. The number of thiol groups is 1. The van der Waals surface area contributed by atoms with Gasteiger partial charge < -0.3 is 0 Å². The summed E-state index contributed by atoms with van der Waals surface area (Å²) in [5.41, 5.74) is 3.39. The van der Waals surface area contributed by atoms with Crippen molar-refractivity contribution in [3.8, 4) is 0 Å². The fraction of sp³-hybridized carbons (Fsp3) is 0.385. The number of rotatable bonds is 1. The van der Waals surface area contributed by atoms with Crippen LogP contribution >= 0.6 is 24.0 Å². The second kappa shape index (κ2) is 4.24. The lowest BCUT2D eigenvalue weighted by molar-refractivity contribution is -0.117. The van der Waals surface area contributed by atoms with E-state index in [1.807, 2.05) is 0 Å². The van der Waals surface area contributed by atoms with Crippen LogP contribution in [-0.2, 0) is 4.79 Å². The van der Waals surface area contributed by atoms with Crippen LogP contribution in [0.25, 0.3) is 10.2 Å². The van der Waals surface area contributed by atoms with Crippen LogP contribution in [0.15, 0.2) is 12.1 Å². The van der Waals surface area contributed by atoms with E-state index in [9.17, 15) is 4.79 Å². The van der Waals surface area contributed by atoms with E-state index >= 15 is 0 Å². The first-order valence-electron chi connectivity index (χ1n) is 5.91. The SMILES string of the molecule is Cc1ccc(C)c2sc(N3CC(S)CC3=O)nc12. The summed E-state index contributed by atoms with van der Waals surface area (Å²) >= 11 is 5.98. The molecule has 1 saturated heterocycles. The molecule has 0 bridgehead atoms. The minimum atomic E-state index is 0.129. The summed E-state index contributed by atoms with van der Waals surface area (Å²) in [5, 5.41) is 0.940. The number of hydrogen-bond donors (Lipinski definition) is 1. The lowest BCUT2D eigenvalue weighted by atomic mass is 10.1. The van der Waals surface area contributed by atoms with E-state index in [1.54, 1.807) is 16.2 Å². The number of aromatic nitrogens is 1. The van der Waals surface area contributed by atoms with Gasteiger partial charge in [0.1, 0.15) is 0 Å². The molecule has 94 valence electrons. The number of benzene rings is 1. The fourth-order valence-electron chi connectivity index (χ4n) is 2.24. The highest BCUT2D eigenvalue weighted by Gasteiger charge is 2.30. The Bertz CT molecular complexity index is 596. The molecule has 2 heterocycles. The van der Waals surface area contributed by atoms with E-state index in [2.05, 4.69) is 43.6 Å². The zero-order chi connectivity index (χ0) is 12.9. The third-order valence-electron chi connectivity index (χ3n) is 3.27. The summed E-state index contributed by atoms with van der Waals surface area (Å²) in [4.78, 5) is 18.3. The Kier molecular flexibility index (Phi) is 2.83. The van der Waals surface area contributed by atoms with Gasteiger partial charge in [-0.15, -0.1) is 0 Å².